The van der Waals surface area contributed by atoms with E-state index in [1.165, 1.54) is 76.9 Å². The fourth-order valence-corrected chi connectivity index (χ4v) is 7.60. The molecular weight excluding hydrogens is 558 g/mol. The number of para-hydroxylation sites is 3. The summed E-state index contributed by atoms with van der Waals surface area (Å²) in [4.78, 5) is 0. The Bertz CT molecular complexity index is 2650. The van der Waals surface area contributed by atoms with Gasteiger partial charge in [-0.05, 0) is 80.4 Å². The predicted molar refractivity (Wildman–Crippen MR) is 192 cm³/mol. The summed E-state index contributed by atoms with van der Waals surface area (Å²) in [6.45, 7) is 0. The van der Waals surface area contributed by atoms with Crippen LogP contribution in [-0.4, -0.2) is 4.57 Å². The molecule has 8 aromatic carbocycles. The Morgan fingerprint density at radius 3 is 1.98 bits per heavy atom. The molecule has 0 saturated heterocycles. The molecule has 1 aromatic heterocycles. The van der Waals surface area contributed by atoms with Gasteiger partial charge in [-0.15, -0.1) is 0 Å². The van der Waals surface area contributed by atoms with Crippen LogP contribution >= 0.6 is 0 Å². The zero-order valence-electron chi connectivity index (χ0n) is 24.9. The van der Waals surface area contributed by atoms with Gasteiger partial charge < -0.3 is 9.30 Å². The summed E-state index contributed by atoms with van der Waals surface area (Å²) in [5.41, 5.74) is 10.8. The van der Waals surface area contributed by atoms with Crippen molar-refractivity contribution in [3.05, 3.63) is 164 Å². The quantitative estimate of drug-likeness (QED) is 0.201. The van der Waals surface area contributed by atoms with E-state index in [2.05, 4.69) is 156 Å². The molecule has 0 N–H and O–H groups in total. The lowest BCUT2D eigenvalue weighted by Crippen LogP contribution is -1.97. The van der Waals surface area contributed by atoms with Crippen molar-refractivity contribution in [2.75, 3.05) is 0 Å². The number of aromatic nitrogens is 1. The van der Waals surface area contributed by atoms with Crippen LogP contribution in [0, 0.1) is 0 Å². The van der Waals surface area contributed by atoms with Crippen LogP contribution < -0.4 is 4.74 Å². The molecule has 0 saturated carbocycles. The topological polar surface area (TPSA) is 14.2 Å². The first-order valence-electron chi connectivity index (χ1n) is 15.8. The van der Waals surface area contributed by atoms with E-state index in [1.807, 2.05) is 12.1 Å². The standard InChI is InChI=1S/C44H27NO/c1-2-12-31(13-3-1)45-38-19-8-6-16-37(38)44-39(45)27-30-11-4-5-14-33(30)42(44)29-23-21-28(22-24-29)32-25-26-41-43-35(32)17-10-18-36(43)34-15-7-9-20-40(34)46-41/h1-27H. The third kappa shape index (κ3) is 3.59. The van der Waals surface area contributed by atoms with Gasteiger partial charge in [0.25, 0.3) is 0 Å². The van der Waals surface area contributed by atoms with Crippen LogP contribution in [0.4, 0.5) is 0 Å². The number of fused-ring (bicyclic) bond motifs is 6. The summed E-state index contributed by atoms with van der Waals surface area (Å²) in [6.07, 6.45) is 0. The molecule has 9 aromatic rings. The van der Waals surface area contributed by atoms with Gasteiger partial charge >= 0.3 is 0 Å². The molecular formula is C44H27NO. The Kier molecular flexibility index (Phi) is 5.31. The minimum absolute atomic E-state index is 0.912. The minimum atomic E-state index is 0.912. The van der Waals surface area contributed by atoms with Gasteiger partial charge in [-0.2, -0.15) is 0 Å². The maximum Gasteiger partial charge on any atom is 0.135 e. The van der Waals surface area contributed by atoms with Gasteiger partial charge in [0.2, 0.25) is 0 Å². The second-order valence-electron chi connectivity index (χ2n) is 12.1. The lowest BCUT2D eigenvalue weighted by Gasteiger charge is -2.22. The van der Waals surface area contributed by atoms with Crippen LogP contribution in [0.1, 0.15) is 0 Å². The molecule has 0 unspecified atom stereocenters. The van der Waals surface area contributed by atoms with Crippen LogP contribution in [0.2, 0.25) is 0 Å². The van der Waals surface area contributed by atoms with Gasteiger partial charge in [0.05, 0.1) is 11.0 Å². The molecule has 1 aliphatic rings. The highest BCUT2D eigenvalue weighted by molar-refractivity contribution is 6.23. The summed E-state index contributed by atoms with van der Waals surface area (Å²) in [7, 11) is 0. The van der Waals surface area contributed by atoms with Crippen LogP contribution in [-0.2, 0) is 0 Å². The number of nitrogens with zero attached hydrogens (tertiary/aromatic N) is 1. The monoisotopic (exact) mass is 585 g/mol. The zero-order chi connectivity index (χ0) is 30.2. The molecule has 0 fully saturated rings. The van der Waals surface area contributed by atoms with Crippen molar-refractivity contribution >= 4 is 43.4 Å². The van der Waals surface area contributed by atoms with Gasteiger partial charge in [-0.3, -0.25) is 0 Å². The molecule has 2 nitrogen and oxygen atoms in total. The van der Waals surface area contributed by atoms with E-state index in [-0.39, 0.29) is 0 Å². The van der Waals surface area contributed by atoms with E-state index in [9.17, 15) is 0 Å². The van der Waals surface area contributed by atoms with Crippen molar-refractivity contribution < 1.29 is 4.74 Å². The Labute approximate surface area is 266 Å². The van der Waals surface area contributed by atoms with E-state index >= 15 is 0 Å². The van der Waals surface area contributed by atoms with E-state index in [4.69, 9.17) is 4.74 Å². The van der Waals surface area contributed by atoms with Crippen molar-refractivity contribution in [2.24, 2.45) is 0 Å². The van der Waals surface area contributed by atoms with Crippen LogP contribution in [0.25, 0.3) is 82.4 Å². The lowest BCUT2D eigenvalue weighted by molar-refractivity contribution is 0.487. The fourth-order valence-electron chi connectivity index (χ4n) is 7.60. The predicted octanol–water partition coefficient (Wildman–Crippen LogP) is 12.2. The van der Waals surface area contributed by atoms with Crippen molar-refractivity contribution in [3.8, 4) is 50.6 Å². The normalized spacial score (nSPS) is 12.1. The Morgan fingerprint density at radius 2 is 1.09 bits per heavy atom. The van der Waals surface area contributed by atoms with Crippen molar-refractivity contribution in [1.29, 1.82) is 0 Å². The molecule has 10 rings (SSSR count). The molecule has 2 heteroatoms. The van der Waals surface area contributed by atoms with Gasteiger partial charge in [-0.1, -0.05) is 127 Å². The second-order valence-corrected chi connectivity index (χ2v) is 12.1. The van der Waals surface area contributed by atoms with Gasteiger partial charge in [0, 0.05) is 27.4 Å². The number of benzene rings is 8. The number of hydrogen-bond acceptors (Lipinski definition) is 1. The fraction of sp³-hybridized carbons (Fsp3) is 0. The van der Waals surface area contributed by atoms with Gasteiger partial charge in [0.15, 0.2) is 0 Å². The van der Waals surface area contributed by atoms with Gasteiger partial charge in [0.1, 0.15) is 11.5 Å². The molecule has 0 amide bonds. The summed E-state index contributed by atoms with van der Waals surface area (Å²) in [5.74, 6) is 1.83. The second kappa shape index (κ2) is 9.69. The van der Waals surface area contributed by atoms with E-state index in [0.29, 0.717) is 0 Å². The summed E-state index contributed by atoms with van der Waals surface area (Å²) in [6, 6.07) is 59.0. The molecule has 214 valence electrons. The third-order valence-electron chi connectivity index (χ3n) is 9.58. The summed E-state index contributed by atoms with van der Waals surface area (Å²) >= 11 is 0. The highest BCUT2D eigenvalue weighted by atomic mass is 16.5. The Balaban J connectivity index is 1.20. The lowest BCUT2D eigenvalue weighted by atomic mass is 9.89. The van der Waals surface area contributed by atoms with Gasteiger partial charge in [-0.25, -0.2) is 0 Å². The number of ether oxygens (including phenoxy) is 1. The summed E-state index contributed by atoms with van der Waals surface area (Å²) < 4.78 is 8.77. The van der Waals surface area contributed by atoms with Crippen molar-refractivity contribution in [3.63, 3.8) is 0 Å². The first-order valence-corrected chi connectivity index (χ1v) is 15.8. The smallest absolute Gasteiger partial charge is 0.135 e. The first-order chi connectivity index (χ1) is 22.8. The molecule has 0 radical (unpaired) electrons. The SMILES string of the molecule is c1ccc(-n2c3ccccc3c3c(-c4ccc(-c5ccc6c7c(cccc57)-c5ccccc5O6)cc4)c4ccccc4cc32)cc1. The first kappa shape index (κ1) is 25.2. The molecule has 0 aliphatic carbocycles. The highest BCUT2D eigenvalue weighted by Crippen LogP contribution is 2.49. The van der Waals surface area contributed by atoms with E-state index in [0.717, 1.165) is 17.1 Å². The Hall–Kier alpha value is -6.12. The number of hydrogen-bond donors (Lipinski definition) is 0. The van der Waals surface area contributed by atoms with Crippen LogP contribution in [0.15, 0.2) is 164 Å². The van der Waals surface area contributed by atoms with Crippen LogP contribution in [0.3, 0.4) is 0 Å². The third-order valence-corrected chi connectivity index (χ3v) is 9.58. The largest absolute Gasteiger partial charge is 0.456 e. The maximum absolute atomic E-state index is 6.37. The zero-order valence-corrected chi connectivity index (χ0v) is 24.9. The van der Waals surface area contributed by atoms with Crippen LogP contribution in [0.5, 0.6) is 11.5 Å². The highest BCUT2D eigenvalue weighted by Gasteiger charge is 2.22. The molecule has 1 aliphatic heterocycles. The molecule has 2 heterocycles. The molecule has 0 spiro atoms. The molecule has 46 heavy (non-hydrogen) atoms. The van der Waals surface area contributed by atoms with E-state index in [1.54, 1.807) is 0 Å². The molecule has 0 bridgehead atoms. The average Bonchev–Trinajstić information content (AvgIpc) is 3.45. The molecule has 0 atom stereocenters. The average molecular weight is 586 g/mol. The number of rotatable bonds is 3. The summed E-state index contributed by atoms with van der Waals surface area (Å²) in [5, 5.41) is 7.41. The maximum atomic E-state index is 6.37. The van der Waals surface area contributed by atoms with Crippen molar-refractivity contribution in [2.45, 2.75) is 0 Å². The Morgan fingerprint density at radius 1 is 0.391 bits per heavy atom. The van der Waals surface area contributed by atoms with Crippen molar-refractivity contribution in [1.82, 2.24) is 4.57 Å². The minimum Gasteiger partial charge on any atom is -0.456 e. The van der Waals surface area contributed by atoms with E-state index < -0.39 is 0 Å².